The summed E-state index contributed by atoms with van der Waals surface area (Å²) in [4.78, 5) is 46.6. The van der Waals surface area contributed by atoms with Gasteiger partial charge in [0.15, 0.2) is 0 Å². The Bertz CT molecular complexity index is 2340. The van der Waals surface area contributed by atoms with Gasteiger partial charge < -0.3 is 20.2 Å². The van der Waals surface area contributed by atoms with Crippen molar-refractivity contribution in [2.75, 3.05) is 48.7 Å². The summed E-state index contributed by atoms with van der Waals surface area (Å²) in [5, 5.41) is 24.8. The van der Waals surface area contributed by atoms with Crippen LogP contribution in [-0.4, -0.2) is 78.6 Å². The number of aromatic hydroxyl groups is 1. The zero-order chi connectivity index (χ0) is 40.0. The highest BCUT2D eigenvalue weighted by atomic mass is 32.2. The topological polar surface area (TPSA) is 175 Å². The van der Waals surface area contributed by atoms with Crippen molar-refractivity contribution < 1.29 is 28.0 Å². The minimum absolute atomic E-state index is 0.0408. The molecule has 1 aromatic heterocycles. The minimum Gasteiger partial charge on any atom is -0.506 e. The third kappa shape index (κ3) is 9.65. The van der Waals surface area contributed by atoms with Crippen molar-refractivity contribution in [1.82, 2.24) is 14.6 Å². The van der Waals surface area contributed by atoms with Crippen LogP contribution in [0.2, 0.25) is 0 Å². The smallest absolute Gasteiger partial charge is 0.293 e. The molecule has 5 aromatic rings. The SMILES string of the molecule is CC(C)(C)c1cc(C(=O)N2CCN(c3ccc(C(=O)NS(=O)(=O)c4ccc(NCCSc5ccccc5)c([N+](=O)[O-])c4)cc3)CC2)cc(-c2cncc(O)c2)c1. The summed E-state index contributed by atoms with van der Waals surface area (Å²) in [6.07, 6.45) is 3.02. The van der Waals surface area contributed by atoms with Gasteiger partial charge in [-0.2, -0.15) is 0 Å². The predicted octanol–water partition coefficient (Wildman–Crippen LogP) is 6.95. The fourth-order valence-corrected chi connectivity index (χ4v) is 7.98. The number of carbonyl (C=O) groups excluding carboxylic acids is 2. The largest absolute Gasteiger partial charge is 0.506 e. The number of nitro benzene ring substituents is 1. The quantitative estimate of drug-likeness (QED) is 0.0516. The van der Waals surface area contributed by atoms with Crippen molar-refractivity contribution in [3.8, 4) is 16.9 Å². The van der Waals surface area contributed by atoms with E-state index in [2.05, 4.69) is 36.0 Å². The molecule has 4 aromatic carbocycles. The number of nitrogens with zero attached hydrogens (tertiary/aromatic N) is 4. The number of piperazine rings is 1. The van der Waals surface area contributed by atoms with Crippen LogP contribution < -0.4 is 14.9 Å². The lowest BCUT2D eigenvalue weighted by Gasteiger charge is -2.36. The molecule has 2 amide bonds. The number of thioether (sulfide) groups is 1. The number of hydrogen-bond donors (Lipinski definition) is 3. The highest BCUT2D eigenvalue weighted by Crippen LogP contribution is 2.32. The van der Waals surface area contributed by atoms with Crippen LogP contribution in [0.5, 0.6) is 5.75 Å². The maximum absolute atomic E-state index is 13.8. The molecule has 1 aliphatic rings. The van der Waals surface area contributed by atoms with E-state index in [0.717, 1.165) is 27.8 Å². The number of nitro groups is 1. The van der Waals surface area contributed by atoms with Crippen molar-refractivity contribution in [2.45, 2.75) is 36.0 Å². The number of anilines is 2. The second-order valence-electron chi connectivity index (χ2n) is 14.3. The summed E-state index contributed by atoms with van der Waals surface area (Å²) >= 11 is 1.58. The van der Waals surface area contributed by atoms with E-state index in [1.54, 1.807) is 41.1 Å². The standard InChI is InChI=1S/C41H42N6O7S2/c1-41(2,3)32-22-29(31-24-34(48)27-42-26-31)21-30(23-32)40(50)46-18-16-45(17-19-46)33-11-9-28(10-12-33)39(49)44-56(53,54)36-13-14-37(38(25-36)47(51)52)43-15-20-55-35-7-5-4-6-8-35/h4-14,21-27,43,48H,15-20H2,1-3H3,(H,44,49). The fourth-order valence-electron chi connectivity index (χ4n) is 6.20. The van der Waals surface area contributed by atoms with E-state index in [4.69, 9.17) is 0 Å². The van der Waals surface area contributed by atoms with Gasteiger partial charge in [0, 0.05) is 78.0 Å². The monoisotopic (exact) mass is 794 g/mol. The van der Waals surface area contributed by atoms with Gasteiger partial charge in [-0.3, -0.25) is 24.7 Å². The molecule has 1 aliphatic heterocycles. The Labute approximate surface area is 330 Å². The Hall–Kier alpha value is -5.93. The number of sulfonamides is 1. The van der Waals surface area contributed by atoms with E-state index in [9.17, 15) is 33.2 Å². The van der Waals surface area contributed by atoms with Crippen LogP contribution in [0.15, 0.2) is 119 Å². The molecule has 56 heavy (non-hydrogen) atoms. The van der Waals surface area contributed by atoms with Crippen LogP contribution in [0.1, 0.15) is 47.1 Å². The van der Waals surface area contributed by atoms with Crippen LogP contribution in [0, 0.1) is 10.1 Å². The number of pyridine rings is 1. The van der Waals surface area contributed by atoms with E-state index < -0.39 is 31.4 Å². The number of rotatable bonds is 12. The lowest BCUT2D eigenvalue weighted by Crippen LogP contribution is -2.48. The Morgan fingerprint density at radius 1 is 0.875 bits per heavy atom. The Morgan fingerprint density at radius 3 is 2.25 bits per heavy atom. The summed E-state index contributed by atoms with van der Waals surface area (Å²) < 4.78 is 28.3. The van der Waals surface area contributed by atoms with E-state index >= 15 is 0 Å². The number of carbonyl (C=O) groups is 2. The summed E-state index contributed by atoms with van der Waals surface area (Å²) in [7, 11) is -4.44. The van der Waals surface area contributed by atoms with E-state index in [0.29, 0.717) is 49.6 Å². The van der Waals surface area contributed by atoms with E-state index in [1.807, 2.05) is 53.3 Å². The summed E-state index contributed by atoms with van der Waals surface area (Å²) in [6, 6.07) is 27.0. The van der Waals surface area contributed by atoms with Crippen LogP contribution in [0.25, 0.3) is 11.1 Å². The third-order valence-electron chi connectivity index (χ3n) is 9.30. The van der Waals surface area contributed by atoms with Crippen LogP contribution >= 0.6 is 11.8 Å². The molecule has 3 N–H and O–H groups in total. The molecule has 6 rings (SSSR count). The normalized spacial score (nSPS) is 13.3. The molecule has 290 valence electrons. The molecule has 1 fully saturated rings. The Kier molecular flexibility index (Phi) is 12.0. The fraction of sp³-hybridized carbons (Fsp3) is 0.244. The summed E-state index contributed by atoms with van der Waals surface area (Å²) in [5.74, 6) is -0.319. The second kappa shape index (κ2) is 16.8. The third-order valence-corrected chi connectivity index (χ3v) is 11.6. The Morgan fingerprint density at radius 2 is 1.59 bits per heavy atom. The van der Waals surface area contributed by atoms with Crippen LogP contribution in [0.3, 0.4) is 0 Å². The number of hydrogen-bond acceptors (Lipinski definition) is 11. The van der Waals surface area contributed by atoms with Gasteiger partial charge in [0.25, 0.3) is 27.5 Å². The Balaban J connectivity index is 1.06. The van der Waals surface area contributed by atoms with E-state index in [-0.39, 0.29) is 28.3 Å². The first kappa shape index (κ1) is 39.8. The molecule has 0 saturated carbocycles. The van der Waals surface area contributed by atoms with E-state index in [1.165, 1.54) is 30.5 Å². The first-order valence-corrected chi connectivity index (χ1v) is 20.4. The highest BCUT2D eigenvalue weighted by molar-refractivity contribution is 7.99. The maximum atomic E-state index is 13.8. The van der Waals surface area contributed by atoms with Crippen molar-refractivity contribution in [3.05, 3.63) is 136 Å². The van der Waals surface area contributed by atoms with Gasteiger partial charge in [0.2, 0.25) is 0 Å². The highest BCUT2D eigenvalue weighted by Gasteiger charge is 2.27. The average molecular weight is 795 g/mol. The molecule has 0 bridgehead atoms. The summed E-state index contributed by atoms with van der Waals surface area (Å²) in [5.41, 5.74) is 3.42. The molecular weight excluding hydrogens is 753 g/mol. The van der Waals surface area contributed by atoms with Crippen LogP contribution in [-0.2, 0) is 15.4 Å². The van der Waals surface area contributed by atoms with Gasteiger partial charge in [0.1, 0.15) is 11.4 Å². The predicted molar refractivity (Wildman–Crippen MR) is 218 cm³/mol. The second-order valence-corrected chi connectivity index (χ2v) is 17.1. The van der Waals surface area contributed by atoms with Gasteiger partial charge >= 0.3 is 0 Å². The average Bonchev–Trinajstić information content (AvgIpc) is 3.19. The minimum atomic E-state index is -4.44. The van der Waals surface area contributed by atoms with Crippen molar-refractivity contribution in [3.63, 3.8) is 0 Å². The molecule has 0 unspecified atom stereocenters. The lowest BCUT2D eigenvalue weighted by atomic mass is 9.84. The van der Waals surface area contributed by atoms with Gasteiger partial charge in [-0.25, -0.2) is 13.1 Å². The zero-order valence-electron chi connectivity index (χ0n) is 31.1. The van der Waals surface area contributed by atoms with Gasteiger partial charge in [-0.1, -0.05) is 45.0 Å². The lowest BCUT2D eigenvalue weighted by molar-refractivity contribution is -0.384. The maximum Gasteiger partial charge on any atom is 0.293 e. The van der Waals surface area contributed by atoms with Crippen molar-refractivity contribution in [2.24, 2.45) is 0 Å². The first-order chi connectivity index (χ1) is 26.7. The number of benzene rings is 4. The van der Waals surface area contributed by atoms with Gasteiger partial charge in [-0.05, 0) is 83.3 Å². The number of aromatic nitrogens is 1. The van der Waals surface area contributed by atoms with Gasteiger partial charge in [-0.15, -0.1) is 11.8 Å². The summed E-state index contributed by atoms with van der Waals surface area (Å²) in [6.45, 7) is 8.60. The molecule has 0 spiro atoms. The molecule has 0 radical (unpaired) electrons. The zero-order valence-corrected chi connectivity index (χ0v) is 32.8. The van der Waals surface area contributed by atoms with Crippen molar-refractivity contribution >= 4 is 50.7 Å². The molecule has 2 heterocycles. The molecule has 0 aliphatic carbocycles. The van der Waals surface area contributed by atoms with Crippen LogP contribution in [0.4, 0.5) is 17.1 Å². The molecular formula is C41H42N6O7S2. The molecule has 15 heteroatoms. The van der Waals surface area contributed by atoms with Crippen molar-refractivity contribution in [1.29, 1.82) is 0 Å². The molecule has 1 saturated heterocycles. The number of amides is 2. The van der Waals surface area contributed by atoms with Gasteiger partial charge in [0.05, 0.1) is 16.0 Å². The number of nitrogens with one attached hydrogen (secondary N) is 2. The molecule has 0 atom stereocenters. The first-order valence-electron chi connectivity index (χ1n) is 17.9. The molecule has 13 nitrogen and oxygen atoms in total.